The highest BCUT2D eigenvalue weighted by molar-refractivity contribution is 7.86. The van der Waals surface area contributed by atoms with Gasteiger partial charge in [0.15, 0.2) is 8.32 Å². The number of carbonyl (C=O) groups excluding carboxylic acids is 2. The summed E-state index contributed by atoms with van der Waals surface area (Å²) in [7, 11) is -6.63. The van der Waals surface area contributed by atoms with Crippen LogP contribution in [0.15, 0.2) is 54.7 Å². The zero-order valence-corrected chi connectivity index (χ0v) is 30.9. The van der Waals surface area contributed by atoms with Crippen molar-refractivity contribution >= 4 is 41.5 Å². The molecular formula is C34H48FN3O8SSi. The van der Waals surface area contributed by atoms with Crippen LogP contribution in [-0.2, 0) is 34.8 Å². The highest BCUT2D eigenvalue weighted by Crippen LogP contribution is 2.43. The molecule has 2 N–H and O–H groups in total. The number of hydrogen-bond acceptors (Lipinski definition) is 8. The molecule has 2 aromatic carbocycles. The number of halogens is 1. The van der Waals surface area contributed by atoms with Crippen molar-refractivity contribution in [1.82, 2.24) is 15.2 Å². The highest BCUT2D eigenvalue weighted by Gasteiger charge is 2.54. The van der Waals surface area contributed by atoms with Crippen LogP contribution in [0.1, 0.15) is 58.6 Å². The minimum Gasteiger partial charge on any atom is -0.445 e. The molecule has 0 bridgehead atoms. The van der Waals surface area contributed by atoms with Gasteiger partial charge in [0.1, 0.15) is 24.1 Å². The van der Waals surface area contributed by atoms with Crippen molar-refractivity contribution in [3.8, 4) is 0 Å². The molecule has 0 unspecified atom stereocenters. The van der Waals surface area contributed by atoms with Gasteiger partial charge in [0.05, 0.1) is 24.9 Å². The van der Waals surface area contributed by atoms with Crippen LogP contribution in [0.2, 0.25) is 18.1 Å². The molecule has 0 radical (unpaired) electrons. The normalized spacial score (nSPS) is 19.7. The van der Waals surface area contributed by atoms with E-state index in [1.165, 1.54) is 17.0 Å². The van der Waals surface area contributed by atoms with E-state index in [1.54, 1.807) is 33.0 Å². The first-order valence-corrected chi connectivity index (χ1v) is 20.6. The quantitative estimate of drug-likeness (QED) is 0.176. The summed E-state index contributed by atoms with van der Waals surface area (Å²) < 4.78 is 63.8. The maximum absolute atomic E-state index is 14.2. The minimum absolute atomic E-state index is 0.0272. The standard InChI is InChI=1S/C34H48FN3O8SSi/c1-33(2,3)44-32(40)38-20-28(46-48(8,9)34(4,5)6)30(45-47(7,41)42)29(38)26(25-18-36-27-17-23(35)15-16-24(25)27)19-37-31(39)43-21-22-13-11-10-12-14-22/h10-18,26,28-30,36H,19-21H2,1-9H3,(H,37,39)/t26-,28-,29-,30+/m1/s1. The number of ether oxygens (including phenoxy) is 2. The Balaban J connectivity index is 1.82. The molecule has 48 heavy (non-hydrogen) atoms. The molecule has 2 heterocycles. The zero-order chi connectivity index (χ0) is 35.7. The molecule has 264 valence electrons. The largest absolute Gasteiger partial charge is 0.445 e. The Bertz CT molecular complexity index is 1700. The van der Waals surface area contributed by atoms with E-state index in [2.05, 4.69) is 31.1 Å². The van der Waals surface area contributed by atoms with Crippen molar-refractivity contribution in [2.24, 2.45) is 0 Å². The summed E-state index contributed by atoms with van der Waals surface area (Å²) in [5.41, 5.74) is 1.00. The van der Waals surface area contributed by atoms with Crippen molar-refractivity contribution in [3.63, 3.8) is 0 Å². The van der Waals surface area contributed by atoms with Gasteiger partial charge in [-0.05, 0) is 68.2 Å². The van der Waals surface area contributed by atoms with Gasteiger partial charge in [-0.25, -0.2) is 14.0 Å². The summed E-state index contributed by atoms with van der Waals surface area (Å²) in [5, 5.41) is 3.18. The topological polar surface area (TPSA) is 136 Å². The summed E-state index contributed by atoms with van der Waals surface area (Å²) in [4.78, 5) is 31.5. The zero-order valence-electron chi connectivity index (χ0n) is 29.1. The summed E-state index contributed by atoms with van der Waals surface area (Å²) >= 11 is 0. The Morgan fingerprint density at radius 2 is 1.75 bits per heavy atom. The van der Waals surface area contributed by atoms with Gasteiger partial charge >= 0.3 is 12.2 Å². The molecule has 1 aliphatic rings. The lowest BCUT2D eigenvalue weighted by molar-refractivity contribution is 0.0137. The molecule has 2 amide bonds. The first-order valence-electron chi connectivity index (χ1n) is 15.9. The molecule has 4 atom stereocenters. The van der Waals surface area contributed by atoms with Gasteiger partial charge in [-0.2, -0.15) is 8.42 Å². The predicted octanol–water partition coefficient (Wildman–Crippen LogP) is 6.67. The Hall–Kier alpha value is -3.46. The number of alkyl carbamates (subject to hydrolysis) is 1. The van der Waals surface area contributed by atoms with Crippen molar-refractivity contribution in [2.45, 2.75) is 96.1 Å². The molecule has 3 aromatic rings. The number of aromatic nitrogens is 1. The van der Waals surface area contributed by atoms with Crippen molar-refractivity contribution in [1.29, 1.82) is 0 Å². The molecule has 1 saturated heterocycles. The average Bonchev–Trinajstić information content (AvgIpc) is 3.51. The number of amides is 2. The van der Waals surface area contributed by atoms with Crippen molar-refractivity contribution in [3.05, 3.63) is 71.7 Å². The monoisotopic (exact) mass is 705 g/mol. The number of likely N-dealkylation sites (tertiary alicyclic amines) is 1. The predicted molar refractivity (Wildman–Crippen MR) is 184 cm³/mol. The number of nitrogens with one attached hydrogen (secondary N) is 2. The summed E-state index contributed by atoms with van der Waals surface area (Å²) in [6.45, 7) is 15.3. The number of rotatable bonds is 10. The molecule has 4 rings (SSSR count). The Labute approximate surface area is 283 Å². The van der Waals surface area contributed by atoms with E-state index < -0.39 is 66.2 Å². The van der Waals surface area contributed by atoms with Crippen LogP contribution in [-0.4, -0.2) is 82.0 Å². The first-order chi connectivity index (χ1) is 22.1. The number of fused-ring (bicyclic) bond motifs is 1. The molecule has 1 aliphatic heterocycles. The van der Waals surface area contributed by atoms with Gasteiger partial charge < -0.3 is 24.2 Å². The fourth-order valence-corrected chi connectivity index (χ4v) is 7.53. The average molecular weight is 706 g/mol. The second kappa shape index (κ2) is 14.2. The number of carbonyl (C=O) groups is 2. The van der Waals surface area contributed by atoms with Gasteiger partial charge in [-0.1, -0.05) is 51.1 Å². The van der Waals surface area contributed by atoms with Crippen molar-refractivity contribution < 1.29 is 40.5 Å². The van der Waals surface area contributed by atoms with Crippen LogP contribution in [0.3, 0.4) is 0 Å². The molecule has 11 nitrogen and oxygen atoms in total. The number of hydrogen-bond donors (Lipinski definition) is 2. The molecular weight excluding hydrogens is 658 g/mol. The van der Waals surface area contributed by atoms with E-state index in [0.29, 0.717) is 16.5 Å². The van der Waals surface area contributed by atoms with Gasteiger partial charge in [-0.3, -0.25) is 9.08 Å². The third kappa shape index (κ3) is 9.36. The molecule has 0 saturated carbocycles. The van der Waals surface area contributed by atoms with Crippen LogP contribution in [0, 0.1) is 5.82 Å². The third-order valence-electron chi connectivity index (χ3n) is 8.77. The van der Waals surface area contributed by atoms with Crippen molar-refractivity contribution in [2.75, 3.05) is 19.3 Å². The fourth-order valence-electron chi connectivity index (χ4n) is 5.57. The van der Waals surface area contributed by atoms with E-state index in [-0.39, 0.29) is 24.7 Å². The maximum atomic E-state index is 14.2. The number of nitrogens with zero attached hydrogens (tertiary/aromatic N) is 1. The van der Waals surface area contributed by atoms with E-state index in [0.717, 1.165) is 11.8 Å². The lowest BCUT2D eigenvalue weighted by atomic mass is 9.87. The van der Waals surface area contributed by atoms with E-state index in [4.69, 9.17) is 18.1 Å². The van der Waals surface area contributed by atoms with E-state index in [1.807, 2.05) is 43.4 Å². The Kier molecular flexibility index (Phi) is 11.0. The van der Waals surface area contributed by atoms with Crippen LogP contribution >= 0.6 is 0 Å². The van der Waals surface area contributed by atoms with Gasteiger partial charge in [-0.15, -0.1) is 0 Å². The highest BCUT2D eigenvalue weighted by atomic mass is 32.2. The summed E-state index contributed by atoms with van der Waals surface area (Å²) in [6.07, 6.45) is -0.831. The van der Waals surface area contributed by atoms with Gasteiger partial charge in [0.25, 0.3) is 10.1 Å². The van der Waals surface area contributed by atoms with Gasteiger partial charge in [0.2, 0.25) is 0 Å². The Morgan fingerprint density at radius 1 is 1.08 bits per heavy atom. The minimum atomic E-state index is -4.08. The number of H-pyrrole nitrogens is 1. The molecule has 1 fully saturated rings. The molecule has 14 heteroatoms. The van der Waals surface area contributed by atoms with E-state index in [9.17, 15) is 22.4 Å². The maximum Gasteiger partial charge on any atom is 0.410 e. The third-order valence-corrected chi connectivity index (χ3v) is 13.8. The van der Waals surface area contributed by atoms with Crippen LogP contribution in [0.25, 0.3) is 10.9 Å². The van der Waals surface area contributed by atoms with Crippen LogP contribution in [0.5, 0.6) is 0 Å². The summed E-state index contributed by atoms with van der Waals surface area (Å²) in [6, 6.07) is 12.4. The molecule has 0 aliphatic carbocycles. The van der Waals surface area contributed by atoms with Crippen LogP contribution in [0.4, 0.5) is 14.0 Å². The number of benzene rings is 2. The summed E-state index contributed by atoms with van der Waals surface area (Å²) in [5.74, 6) is -1.24. The van der Waals surface area contributed by atoms with E-state index >= 15 is 0 Å². The second-order valence-corrected chi connectivity index (χ2v) is 21.1. The van der Waals surface area contributed by atoms with Crippen LogP contribution < -0.4 is 5.32 Å². The fraction of sp³-hybridized carbons (Fsp3) is 0.529. The number of aromatic amines is 1. The molecule has 0 spiro atoms. The van der Waals surface area contributed by atoms with Gasteiger partial charge in [0, 0.05) is 29.6 Å². The second-order valence-electron chi connectivity index (χ2n) is 14.8. The SMILES string of the molecule is CC(C)(C)OC(=O)N1C[C@@H](O[Si](C)(C)C(C)(C)C)[C@H](OS(C)(=O)=O)[C@H]1[C@H](CNC(=O)OCc1ccccc1)c1c[nH]c2cc(F)ccc12. The molecule has 1 aromatic heterocycles. The smallest absolute Gasteiger partial charge is 0.410 e. The lowest BCUT2D eigenvalue weighted by Gasteiger charge is -2.39. The first kappa shape index (κ1) is 37.4. The Morgan fingerprint density at radius 3 is 2.35 bits per heavy atom. The lowest BCUT2D eigenvalue weighted by Crippen LogP contribution is -2.51.